The molecular formula is C56H64N6O6. The van der Waals surface area contributed by atoms with Gasteiger partial charge in [0.15, 0.2) is 0 Å². The van der Waals surface area contributed by atoms with E-state index in [1.807, 2.05) is 48.5 Å². The summed E-state index contributed by atoms with van der Waals surface area (Å²) in [7, 11) is 0. The number of benzene rings is 3. The summed E-state index contributed by atoms with van der Waals surface area (Å²) >= 11 is 0. The zero-order valence-electron chi connectivity index (χ0n) is 39.5. The normalized spacial score (nSPS) is 34.0. The summed E-state index contributed by atoms with van der Waals surface area (Å²) in [6, 6.07) is 26.5. The molecule has 4 aromatic rings. The van der Waals surface area contributed by atoms with Crippen molar-refractivity contribution in [3.63, 3.8) is 0 Å². The molecule has 19 rings (SSSR count). The Kier molecular flexibility index (Phi) is 12.9. The first-order valence-electron chi connectivity index (χ1n) is 24.9. The molecule has 12 heteroatoms. The first kappa shape index (κ1) is 45.8. The molecule has 4 saturated carbocycles. The standard InChI is InChI=1S/C56H64N6O6/c1-35-11-20-51(63)60-58-31-36-12-14-37(15-13-36)33-62-34-42-9-5-4-8-40(42)28-49(62)52(64)61-59-32-38-7-6-10-41(27-38)54(66)67-44-21-24-55(2)43(29-44)16-17-45-47-19-18-46(35)56(47,3)50(30-48(45)55)68-53(65)39-22-25-57-26-23-39/h4-10,12-15,22-23,25-27,31-32,35,43-50H,11,16-21,24,28-30,33-34H2,1-3H3,(H,60,63)(H,61,64)/b58-31+,59-32+/t35-,43-,44-,45+,46-,47+,48+,49+,50+,55+,56-/m1/s1. The van der Waals surface area contributed by atoms with Gasteiger partial charge in [-0.15, -0.1) is 0 Å². The molecule has 15 aliphatic rings. The number of amides is 2. The molecule has 0 saturated heterocycles. The lowest BCUT2D eigenvalue weighted by atomic mass is 9.43. The van der Waals surface area contributed by atoms with Crippen molar-refractivity contribution >= 4 is 36.2 Å². The number of fused-ring (bicyclic) bond motifs is 1. The van der Waals surface area contributed by atoms with Crippen LogP contribution in [0.3, 0.4) is 0 Å². The monoisotopic (exact) mass is 916 g/mol. The Bertz CT molecular complexity index is 2580. The van der Waals surface area contributed by atoms with Crippen LogP contribution in [0.25, 0.3) is 0 Å². The number of rotatable bonds is 2. The van der Waals surface area contributed by atoms with Crippen molar-refractivity contribution < 1.29 is 28.7 Å². The molecule has 0 unspecified atom stereocenters. The molecule has 2 N–H and O–H groups in total. The minimum Gasteiger partial charge on any atom is -0.459 e. The van der Waals surface area contributed by atoms with Crippen molar-refractivity contribution in [3.05, 3.63) is 136 Å². The highest BCUT2D eigenvalue weighted by atomic mass is 16.5. The van der Waals surface area contributed by atoms with Gasteiger partial charge in [0.05, 0.1) is 29.6 Å². The predicted molar refractivity (Wildman–Crippen MR) is 259 cm³/mol. The van der Waals surface area contributed by atoms with Crippen molar-refractivity contribution in [2.75, 3.05) is 0 Å². The molecule has 12 heterocycles. The summed E-state index contributed by atoms with van der Waals surface area (Å²) in [5, 5.41) is 8.71. The fraction of sp³-hybridized carbons (Fsp3) is 0.482. The molecule has 11 atom stereocenters. The Labute approximate surface area is 399 Å². The maximum Gasteiger partial charge on any atom is 0.338 e. The van der Waals surface area contributed by atoms with Crippen LogP contribution in [0.5, 0.6) is 0 Å². The van der Waals surface area contributed by atoms with Crippen LogP contribution >= 0.6 is 0 Å². The van der Waals surface area contributed by atoms with Crippen LogP contribution in [0.15, 0.2) is 108 Å². The van der Waals surface area contributed by atoms with Crippen LogP contribution in [0.1, 0.15) is 134 Å². The van der Waals surface area contributed by atoms with E-state index in [9.17, 15) is 19.2 Å². The molecule has 12 nitrogen and oxygen atoms in total. The van der Waals surface area contributed by atoms with Crippen LogP contribution < -0.4 is 10.9 Å². The number of hydrazone groups is 2. The van der Waals surface area contributed by atoms with E-state index in [-0.39, 0.29) is 58.6 Å². The second-order valence-electron chi connectivity index (χ2n) is 21.2. The zero-order valence-corrected chi connectivity index (χ0v) is 39.5. The van der Waals surface area contributed by atoms with Crippen molar-refractivity contribution in [1.82, 2.24) is 20.7 Å². The largest absolute Gasteiger partial charge is 0.459 e. The summed E-state index contributed by atoms with van der Waals surface area (Å²) in [4.78, 5) is 61.3. The van der Waals surface area contributed by atoms with Crippen molar-refractivity contribution in [2.45, 2.75) is 123 Å². The van der Waals surface area contributed by atoms with E-state index in [0.29, 0.717) is 72.7 Å². The van der Waals surface area contributed by atoms with E-state index < -0.39 is 6.04 Å². The number of hydrogen-bond acceptors (Lipinski definition) is 10. The van der Waals surface area contributed by atoms with Gasteiger partial charge in [0.2, 0.25) is 5.91 Å². The third-order valence-corrected chi connectivity index (χ3v) is 17.6. The Morgan fingerprint density at radius 3 is 2.35 bits per heavy atom. The Balaban J connectivity index is 0.922. The predicted octanol–water partition coefficient (Wildman–Crippen LogP) is 9.06. The van der Waals surface area contributed by atoms with E-state index in [4.69, 9.17) is 9.47 Å². The summed E-state index contributed by atoms with van der Waals surface area (Å²) in [5.41, 5.74) is 11.2. The number of carbonyl (C=O) groups is 4. The average molecular weight is 917 g/mol. The molecule has 3 aromatic carbocycles. The summed E-state index contributed by atoms with van der Waals surface area (Å²) in [6.07, 6.45) is 15.3. The van der Waals surface area contributed by atoms with Gasteiger partial charge in [-0.25, -0.2) is 20.4 Å². The molecule has 12 bridgehead atoms. The summed E-state index contributed by atoms with van der Waals surface area (Å²) in [5.74, 6) is 1.14. The molecule has 354 valence electrons. The maximum absolute atomic E-state index is 14.0. The van der Waals surface area contributed by atoms with E-state index in [0.717, 1.165) is 68.1 Å². The summed E-state index contributed by atoms with van der Waals surface area (Å²) < 4.78 is 13.0. The van der Waals surface area contributed by atoms with Crippen LogP contribution in [0.4, 0.5) is 0 Å². The number of aromatic nitrogens is 1. The lowest BCUT2D eigenvalue weighted by Gasteiger charge is -2.62. The molecule has 4 fully saturated rings. The minimum atomic E-state index is -0.450. The second kappa shape index (κ2) is 19.2. The molecule has 0 radical (unpaired) electrons. The van der Waals surface area contributed by atoms with Crippen molar-refractivity contribution in [1.29, 1.82) is 0 Å². The van der Waals surface area contributed by atoms with Crippen molar-refractivity contribution in [2.24, 2.45) is 56.5 Å². The van der Waals surface area contributed by atoms with Crippen LogP contribution in [-0.2, 0) is 38.6 Å². The first-order valence-corrected chi connectivity index (χ1v) is 24.9. The third kappa shape index (κ3) is 9.04. The van der Waals surface area contributed by atoms with Gasteiger partial charge >= 0.3 is 11.9 Å². The molecule has 1 aromatic heterocycles. The van der Waals surface area contributed by atoms with E-state index in [1.54, 1.807) is 49.1 Å². The molecule has 4 aliphatic carbocycles. The number of hydrogen-bond donors (Lipinski definition) is 2. The number of ether oxygens (including phenoxy) is 2. The van der Waals surface area contributed by atoms with Crippen LogP contribution in [0.2, 0.25) is 0 Å². The third-order valence-electron chi connectivity index (χ3n) is 17.6. The molecule has 11 aliphatic heterocycles. The molecule has 68 heavy (non-hydrogen) atoms. The fourth-order valence-electron chi connectivity index (χ4n) is 14.0. The lowest BCUT2D eigenvalue weighted by Crippen LogP contribution is -2.59. The average Bonchev–Trinajstić information content (AvgIpc) is 3.72. The number of nitrogens with zero attached hydrogens (tertiary/aromatic N) is 4. The number of pyridine rings is 1. The van der Waals surface area contributed by atoms with Gasteiger partial charge in [0.25, 0.3) is 5.91 Å². The highest BCUT2D eigenvalue weighted by Crippen LogP contribution is 2.69. The summed E-state index contributed by atoms with van der Waals surface area (Å²) in [6.45, 7) is 8.28. The molecule has 2 amide bonds. The highest BCUT2D eigenvalue weighted by molar-refractivity contribution is 5.93. The first-order chi connectivity index (χ1) is 33.0. The molecular weight excluding hydrogens is 853 g/mol. The zero-order chi connectivity index (χ0) is 47.0. The minimum absolute atomic E-state index is 0.0102. The van der Waals surface area contributed by atoms with Gasteiger partial charge in [-0.05, 0) is 157 Å². The van der Waals surface area contributed by atoms with E-state index >= 15 is 0 Å². The van der Waals surface area contributed by atoms with Gasteiger partial charge in [-0.1, -0.05) is 81.4 Å². The van der Waals surface area contributed by atoms with E-state index in [2.05, 4.69) is 63.8 Å². The second-order valence-corrected chi connectivity index (χ2v) is 21.2. The van der Waals surface area contributed by atoms with Gasteiger partial charge in [-0.2, -0.15) is 10.2 Å². The number of nitrogens with one attached hydrogen (secondary N) is 2. The fourth-order valence-corrected chi connectivity index (χ4v) is 14.0. The highest BCUT2D eigenvalue weighted by Gasteiger charge is 2.65. The van der Waals surface area contributed by atoms with Crippen LogP contribution in [-0.4, -0.2) is 64.3 Å². The Morgan fingerprint density at radius 2 is 1.53 bits per heavy atom. The van der Waals surface area contributed by atoms with Gasteiger partial charge in [0.1, 0.15) is 12.2 Å². The smallest absolute Gasteiger partial charge is 0.338 e. The maximum atomic E-state index is 14.0. The van der Waals surface area contributed by atoms with Gasteiger partial charge in [0, 0.05) is 37.3 Å². The topological polar surface area (TPSA) is 152 Å². The number of esters is 2. The Hall–Kier alpha value is -6.01. The van der Waals surface area contributed by atoms with Gasteiger partial charge < -0.3 is 9.47 Å². The SMILES string of the molecule is C[C@@H]1CCC(=O)N/N=C/c2ccc(cc2)CN2Cc3ccccc3C[C@H]2C(=O)N/N=C/c2cccc(c2)C(=O)O[C@@H]2CC[C@@]3(C)[C@H](CC[C@@H]4[C@@H]3C[C@H](OC(=O)c3ccncc3)[C@]3(C)[C@@H]1CC[C@@H]43)C2. The molecule has 0 spiro atoms. The lowest BCUT2D eigenvalue weighted by molar-refractivity contribution is -0.176. The van der Waals surface area contributed by atoms with E-state index in [1.165, 1.54) is 5.56 Å². The van der Waals surface area contributed by atoms with Gasteiger partial charge in [-0.3, -0.25) is 19.5 Å². The Morgan fingerprint density at radius 1 is 0.765 bits per heavy atom. The quantitative estimate of drug-likeness (QED) is 0.189. The van der Waals surface area contributed by atoms with Crippen LogP contribution in [0, 0.1) is 46.3 Å². The number of carbonyl (C=O) groups excluding carboxylic acids is 4. The van der Waals surface area contributed by atoms with Crippen molar-refractivity contribution in [3.8, 4) is 0 Å².